The standard InChI is InChI=1S/C20H32FN3O3.HI/c1-2-22-20(23-11-4-13-25-16-19-6-3-14-27-19)24-12-5-15-26-18-9-7-17(21)8-10-18;/h7-10,19H,2-6,11-16H2,1H3,(H2,22,23,24);1H. The molecule has 0 saturated carbocycles. The van der Waals surface area contributed by atoms with Crippen molar-refractivity contribution in [1.82, 2.24) is 10.6 Å². The van der Waals surface area contributed by atoms with Gasteiger partial charge in [-0.15, -0.1) is 24.0 Å². The molecule has 1 aliphatic heterocycles. The monoisotopic (exact) mass is 509 g/mol. The fourth-order valence-corrected chi connectivity index (χ4v) is 2.69. The number of rotatable bonds is 12. The predicted molar refractivity (Wildman–Crippen MR) is 120 cm³/mol. The zero-order valence-corrected chi connectivity index (χ0v) is 19.0. The van der Waals surface area contributed by atoms with Crippen LogP contribution in [0.2, 0.25) is 0 Å². The summed E-state index contributed by atoms with van der Waals surface area (Å²) in [6, 6.07) is 6.05. The van der Waals surface area contributed by atoms with Gasteiger partial charge >= 0.3 is 0 Å². The molecule has 160 valence electrons. The number of hydrogen-bond donors (Lipinski definition) is 2. The van der Waals surface area contributed by atoms with E-state index in [9.17, 15) is 4.39 Å². The number of aliphatic imine (C=N–C) groups is 1. The molecule has 1 heterocycles. The minimum atomic E-state index is -0.259. The maximum Gasteiger partial charge on any atom is 0.191 e. The van der Waals surface area contributed by atoms with E-state index in [-0.39, 0.29) is 35.9 Å². The molecule has 0 aliphatic carbocycles. The van der Waals surface area contributed by atoms with E-state index < -0.39 is 0 Å². The quantitative estimate of drug-likeness (QED) is 0.196. The van der Waals surface area contributed by atoms with E-state index in [4.69, 9.17) is 14.2 Å². The van der Waals surface area contributed by atoms with E-state index in [1.54, 1.807) is 12.1 Å². The molecular weight excluding hydrogens is 476 g/mol. The van der Waals surface area contributed by atoms with Gasteiger partial charge in [-0.2, -0.15) is 0 Å². The second-order valence-corrected chi connectivity index (χ2v) is 6.41. The lowest BCUT2D eigenvalue weighted by atomic mass is 10.2. The van der Waals surface area contributed by atoms with Gasteiger partial charge in [0, 0.05) is 39.3 Å². The first-order chi connectivity index (χ1) is 13.3. The molecule has 1 fully saturated rings. The van der Waals surface area contributed by atoms with E-state index in [1.807, 2.05) is 6.92 Å². The fraction of sp³-hybridized carbons (Fsp3) is 0.650. The molecule has 1 saturated heterocycles. The molecule has 0 amide bonds. The summed E-state index contributed by atoms with van der Waals surface area (Å²) in [6.07, 6.45) is 4.25. The summed E-state index contributed by atoms with van der Waals surface area (Å²) >= 11 is 0. The summed E-state index contributed by atoms with van der Waals surface area (Å²) in [6.45, 7) is 7.15. The van der Waals surface area contributed by atoms with Gasteiger partial charge in [-0.3, -0.25) is 4.99 Å². The number of guanidine groups is 1. The van der Waals surface area contributed by atoms with Crippen LogP contribution in [0.1, 0.15) is 32.6 Å². The highest BCUT2D eigenvalue weighted by Crippen LogP contribution is 2.12. The Morgan fingerprint density at radius 1 is 1.21 bits per heavy atom. The van der Waals surface area contributed by atoms with Gasteiger partial charge in [0.1, 0.15) is 11.6 Å². The largest absolute Gasteiger partial charge is 0.494 e. The van der Waals surface area contributed by atoms with Crippen LogP contribution in [0.25, 0.3) is 0 Å². The van der Waals surface area contributed by atoms with Crippen LogP contribution in [0.15, 0.2) is 29.3 Å². The third kappa shape index (κ3) is 11.0. The van der Waals surface area contributed by atoms with E-state index in [0.717, 1.165) is 57.9 Å². The van der Waals surface area contributed by atoms with E-state index in [1.165, 1.54) is 12.1 Å². The highest BCUT2D eigenvalue weighted by Gasteiger charge is 2.14. The number of hydrogen-bond acceptors (Lipinski definition) is 4. The van der Waals surface area contributed by atoms with E-state index in [0.29, 0.717) is 25.5 Å². The minimum Gasteiger partial charge on any atom is -0.494 e. The SMILES string of the molecule is CCNC(=NCCCOc1ccc(F)cc1)NCCCOCC1CCCO1.I. The van der Waals surface area contributed by atoms with Crippen LogP contribution in [0.3, 0.4) is 0 Å². The maximum absolute atomic E-state index is 12.8. The van der Waals surface area contributed by atoms with Crippen molar-refractivity contribution in [3.05, 3.63) is 30.1 Å². The third-order valence-electron chi connectivity index (χ3n) is 4.08. The molecular formula is C20H33FIN3O3. The van der Waals surface area contributed by atoms with E-state index >= 15 is 0 Å². The Labute approximate surface area is 184 Å². The number of halogens is 2. The van der Waals surface area contributed by atoms with Gasteiger partial charge in [0.2, 0.25) is 0 Å². The Morgan fingerprint density at radius 2 is 2.04 bits per heavy atom. The molecule has 28 heavy (non-hydrogen) atoms. The molecule has 0 bridgehead atoms. The van der Waals surface area contributed by atoms with Crippen LogP contribution in [0.4, 0.5) is 4.39 Å². The number of ether oxygens (including phenoxy) is 3. The summed E-state index contributed by atoms with van der Waals surface area (Å²) in [5, 5.41) is 6.54. The second-order valence-electron chi connectivity index (χ2n) is 6.41. The molecule has 2 N–H and O–H groups in total. The Morgan fingerprint density at radius 3 is 2.75 bits per heavy atom. The number of nitrogens with zero attached hydrogens (tertiary/aromatic N) is 1. The molecule has 1 unspecified atom stereocenters. The first kappa shape index (κ1) is 24.9. The van der Waals surface area contributed by atoms with Crippen molar-refractivity contribution < 1.29 is 18.6 Å². The summed E-state index contributed by atoms with van der Waals surface area (Å²) < 4.78 is 29.6. The minimum absolute atomic E-state index is 0. The van der Waals surface area contributed by atoms with Crippen LogP contribution >= 0.6 is 24.0 Å². The number of nitrogens with one attached hydrogen (secondary N) is 2. The lowest BCUT2D eigenvalue weighted by Crippen LogP contribution is -2.38. The van der Waals surface area contributed by atoms with Crippen LogP contribution in [-0.2, 0) is 9.47 Å². The molecule has 1 aliphatic rings. The van der Waals surface area contributed by atoms with Crippen molar-refractivity contribution >= 4 is 29.9 Å². The second kappa shape index (κ2) is 15.8. The zero-order valence-electron chi connectivity index (χ0n) is 16.6. The van der Waals surface area contributed by atoms with E-state index in [2.05, 4.69) is 15.6 Å². The lowest BCUT2D eigenvalue weighted by molar-refractivity contribution is 0.0168. The summed E-state index contributed by atoms with van der Waals surface area (Å²) in [4.78, 5) is 4.53. The average molecular weight is 509 g/mol. The van der Waals surface area contributed by atoms with Gasteiger partial charge in [-0.1, -0.05) is 0 Å². The molecule has 0 spiro atoms. The van der Waals surface area contributed by atoms with Gasteiger partial charge in [-0.25, -0.2) is 4.39 Å². The molecule has 0 radical (unpaired) electrons. The first-order valence-corrected chi connectivity index (χ1v) is 9.88. The zero-order chi connectivity index (χ0) is 19.2. The van der Waals surface area contributed by atoms with Gasteiger partial charge < -0.3 is 24.8 Å². The highest BCUT2D eigenvalue weighted by atomic mass is 127. The average Bonchev–Trinajstić information content (AvgIpc) is 3.19. The van der Waals surface area contributed by atoms with Gasteiger partial charge in [-0.05, 0) is 50.5 Å². The van der Waals surface area contributed by atoms with Crippen molar-refractivity contribution in [3.63, 3.8) is 0 Å². The summed E-state index contributed by atoms with van der Waals surface area (Å²) in [5.74, 6) is 1.22. The predicted octanol–water partition coefficient (Wildman–Crippen LogP) is 3.35. The Hall–Kier alpha value is -1.13. The lowest BCUT2D eigenvalue weighted by Gasteiger charge is -2.12. The van der Waals surface area contributed by atoms with Gasteiger partial charge in [0.25, 0.3) is 0 Å². The normalized spacial score (nSPS) is 16.5. The molecule has 1 atom stereocenters. The third-order valence-corrected chi connectivity index (χ3v) is 4.08. The number of benzene rings is 1. The Bertz CT molecular complexity index is 540. The molecule has 8 heteroatoms. The van der Waals surface area contributed by atoms with Gasteiger partial charge in [0.15, 0.2) is 5.96 Å². The van der Waals surface area contributed by atoms with Crippen LogP contribution < -0.4 is 15.4 Å². The van der Waals surface area contributed by atoms with Crippen LogP contribution in [-0.4, -0.2) is 58.1 Å². The van der Waals surface area contributed by atoms with Crippen LogP contribution in [0.5, 0.6) is 5.75 Å². The summed E-state index contributed by atoms with van der Waals surface area (Å²) in [5.41, 5.74) is 0. The van der Waals surface area contributed by atoms with Crippen molar-refractivity contribution in [1.29, 1.82) is 0 Å². The smallest absolute Gasteiger partial charge is 0.191 e. The Balaban J connectivity index is 0.00000392. The Kier molecular flexibility index (Phi) is 14.0. The van der Waals surface area contributed by atoms with Crippen molar-refractivity contribution in [2.45, 2.75) is 38.7 Å². The van der Waals surface area contributed by atoms with Crippen molar-refractivity contribution in [2.24, 2.45) is 4.99 Å². The molecule has 1 aromatic carbocycles. The van der Waals surface area contributed by atoms with Gasteiger partial charge in [0.05, 0.1) is 19.3 Å². The molecule has 2 rings (SSSR count). The first-order valence-electron chi connectivity index (χ1n) is 9.88. The summed E-state index contributed by atoms with van der Waals surface area (Å²) in [7, 11) is 0. The highest BCUT2D eigenvalue weighted by molar-refractivity contribution is 14.0. The molecule has 1 aromatic rings. The molecule has 0 aromatic heterocycles. The fourth-order valence-electron chi connectivity index (χ4n) is 2.69. The van der Waals surface area contributed by atoms with Crippen molar-refractivity contribution in [3.8, 4) is 5.75 Å². The molecule has 6 nitrogen and oxygen atoms in total. The maximum atomic E-state index is 12.8. The van der Waals surface area contributed by atoms with Crippen LogP contribution in [0, 0.1) is 5.82 Å². The topological polar surface area (TPSA) is 64.1 Å². The van der Waals surface area contributed by atoms with Crippen molar-refractivity contribution in [2.75, 3.05) is 46.1 Å².